The van der Waals surface area contributed by atoms with Crippen molar-refractivity contribution >= 4 is 41.2 Å². The summed E-state index contributed by atoms with van der Waals surface area (Å²) in [6.45, 7) is 10.9. The minimum absolute atomic E-state index is 0.138. The molecular weight excluding hydrogens is 528 g/mol. The Kier molecular flexibility index (Phi) is 13.0. The third-order valence-electron chi connectivity index (χ3n) is 6.85. The van der Waals surface area contributed by atoms with Gasteiger partial charge in [-0.15, -0.1) is 0 Å². The van der Waals surface area contributed by atoms with Crippen LogP contribution in [-0.4, -0.2) is 59.0 Å². The van der Waals surface area contributed by atoms with E-state index in [1.165, 1.54) is 4.90 Å². The fourth-order valence-electron chi connectivity index (χ4n) is 4.22. The van der Waals surface area contributed by atoms with Crippen molar-refractivity contribution in [3.05, 3.63) is 29.8 Å². The van der Waals surface area contributed by atoms with Crippen molar-refractivity contribution in [1.82, 2.24) is 15.5 Å². The number of nitrogens with zero attached hydrogens (tertiary/aromatic N) is 1. The summed E-state index contributed by atoms with van der Waals surface area (Å²) in [7, 11) is 0. The predicted molar refractivity (Wildman–Crippen MR) is 153 cm³/mol. The molecule has 1 heterocycles. The van der Waals surface area contributed by atoms with E-state index in [0.29, 0.717) is 31.5 Å². The molecule has 11 heteroatoms. The number of carbonyl (C=O) groups excluding carboxylic acids is 6. The van der Waals surface area contributed by atoms with E-state index in [1.807, 2.05) is 0 Å². The number of hydrogen-bond donors (Lipinski definition) is 3. The van der Waals surface area contributed by atoms with Crippen molar-refractivity contribution in [2.45, 2.75) is 92.3 Å². The molecule has 226 valence electrons. The highest BCUT2D eigenvalue weighted by Gasteiger charge is 2.34. The molecule has 3 N–H and O–H groups in total. The molecule has 0 radical (unpaired) electrons. The molecule has 1 fully saturated rings. The van der Waals surface area contributed by atoms with Crippen LogP contribution in [0.2, 0.25) is 0 Å². The Labute approximate surface area is 242 Å². The van der Waals surface area contributed by atoms with Gasteiger partial charge >= 0.3 is 5.97 Å². The van der Waals surface area contributed by atoms with Gasteiger partial charge in [-0.3, -0.25) is 33.7 Å². The number of nitrogens with one attached hydrogen (secondary N) is 3. The lowest BCUT2D eigenvalue weighted by atomic mass is 10.0. The second-order valence-electron chi connectivity index (χ2n) is 11.3. The molecule has 0 bridgehead atoms. The van der Waals surface area contributed by atoms with Crippen molar-refractivity contribution in [1.29, 1.82) is 0 Å². The van der Waals surface area contributed by atoms with Crippen LogP contribution in [0.3, 0.4) is 0 Å². The molecule has 0 aromatic heterocycles. The van der Waals surface area contributed by atoms with Crippen LogP contribution in [0, 0.1) is 17.8 Å². The topological polar surface area (TPSA) is 151 Å². The summed E-state index contributed by atoms with van der Waals surface area (Å²) in [5, 5.41) is 8.17. The molecule has 5 amide bonds. The summed E-state index contributed by atoms with van der Waals surface area (Å²) in [4.78, 5) is 74.8. The summed E-state index contributed by atoms with van der Waals surface area (Å²) >= 11 is 0. The SMILES string of the molecule is CC(C)C(=O)OCc1ccc(NC(=O)[C@H](C)NC(=O)[C@@H](NC(=O)CCCCCN2C(=O)CC(C)C2=O)C(C)C)cc1. The van der Waals surface area contributed by atoms with Gasteiger partial charge in [-0.2, -0.15) is 0 Å². The van der Waals surface area contributed by atoms with Gasteiger partial charge in [0.05, 0.1) is 5.92 Å². The first-order chi connectivity index (χ1) is 19.3. The third-order valence-corrected chi connectivity index (χ3v) is 6.85. The summed E-state index contributed by atoms with van der Waals surface area (Å²) in [6, 6.07) is 5.18. The zero-order valence-electron chi connectivity index (χ0n) is 25.0. The van der Waals surface area contributed by atoms with E-state index in [-0.39, 0.29) is 60.9 Å². The van der Waals surface area contributed by atoms with Crippen molar-refractivity contribution < 1.29 is 33.5 Å². The van der Waals surface area contributed by atoms with Crippen molar-refractivity contribution in [2.75, 3.05) is 11.9 Å². The molecule has 3 atom stereocenters. The average Bonchev–Trinajstić information content (AvgIpc) is 3.16. The van der Waals surface area contributed by atoms with Gasteiger partial charge in [0.25, 0.3) is 0 Å². The minimum Gasteiger partial charge on any atom is -0.461 e. The molecule has 0 spiro atoms. The molecule has 2 rings (SSSR count). The molecule has 0 aliphatic carbocycles. The Morgan fingerprint density at radius 3 is 2.15 bits per heavy atom. The summed E-state index contributed by atoms with van der Waals surface area (Å²) in [5.74, 6) is -2.42. The van der Waals surface area contributed by atoms with Crippen molar-refractivity contribution in [2.24, 2.45) is 17.8 Å². The quantitative estimate of drug-likeness (QED) is 0.166. The predicted octanol–water partition coefficient (Wildman–Crippen LogP) is 2.93. The number of likely N-dealkylation sites (tertiary alicyclic amines) is 1. The van der Waals surface area contributed by atoms with Crippen molar-refractivity contribution in [3.8, 4) is 0 Å². The third kappa shape index (κ3) is 10.6. The molecule has 41 heavy (non-hydrogen) atoms. The fraction of sp³-hybridized carbons (Fsp3) is 0.600. The average molecular weight is 573 g/mol. The number of rotatable bonds is 15. The molecular formula is C30H44N4O7. The van der Waals surface area contributed by atoms with E-state index >= 15 is 0 Å². The molecule has 1 saturated heterocycles. The fourth-order valence-corrected chi connectivity index (χ4v) is 4.22. The van der Waals surface area contributed by atoms with Crippen LogP contribution in [0.25, 0.3) is 0 Å². The number of carbonyl (C=O) groups is 6. The largest absolute Gasteiger partial charge is 0.461 e. The van der Waals surface area contributed by atoms with Gasteiger partial charge in [-0.05, 0) is 43.4 Å². The van der Waals surface area contributed by atoms with Gasteiger partial charge in [0.15, 0.2) is 0 Å². The highest BCUT2D eigenvalue weighted by Crippen LogP contribution is 2.19. The van der Waals surface area contributed by atoms with E-state index in [0.717, 1.165) is 5.56 Å². The van der Waals surface area contributed by atoms with E-state index in [1.54, 1.807) is 65.8 Å². The standard InChI is InChI=1S/C30H44N4O7/c1-18(2)26(33-24(35)10-8-7-9-15-34-25(36)16-20(5)29(34)39)28(38)31-21(6)27(37)32-23-13-11-22(12-14-23)17-41-30(40)19(3)4/h11-14,18-21,26H,7-10,15-17H2,1-6H3,(H,31,38)(H,32,37)(H,33,35)/t20?,21-,26-/m0/s1. The summed E-state index contributed by atoms with van der Waals surface area (Å²) < 4.78 is 5.20. The van der Waals surface area contributed by atoms with Crippen molar-refractivity contribution in [3.63, 3.8) is 0 Å². The van der Waals surface area contributed by atoms with Crippen LogP contribution in [0.1, 0.15) is 79.2 Å². The monoisotopic (exact) mass is 572 g/mol. The van der Waals surface area contributed by atoms with E-state index < -0.39 is 23.9 Å². The zero-order chi connectivity index (χ0) is 30.7. The minimum atomic E-state index is -0.856. The number of esters is 1. The number of amides is 5. The lowest BCUT2D eigenvalue weighted by Gasteiger charge is -2.24. The Bertz CT molecular complexity index is 1100. The number of unbranched alkanes of at least 4 members (excludes halogenated alkanes) is 2. The van der Waals surface area contributed by atoms with Crippen LogP contribution >= 0.6 is 0 Å². The van der Waals surface area contributed by atoms with Crippen LogP contribution < -0.4 is 16.0 Å². The maximum atomic E-state index is 12.9. The van der Waals surface area contributed by atoms with E-state index in [9.17, 15) is 28.8 Å². The number of anilines is 1. The number of imide groups is 1. The van der Waals surface area contributed by atoms with Gasteiger partial charge in [-0.1, -0.05) is 53.2 Å². The Morgan fingerprint density at radius 1 is 0.927 bits per heavy atom. The van der Waals surface area contributed by atoms with Gasteiger partial charge in [0.2, 0.25) is 29.5 Å². The van der Waals surface area contributed by atoms with Crippen LogP contribution in [0.5, 0.6) is 0 Å². The second-order valence-corrected chi connectivity index (χ2v) is 11.3. The Morgan fingerprint density at radius 2 is 1.59 bits per heavy atom. The maximum absolute atomic E-state index is 12.9. The summed E-state index contributed by atoms with van der Waals surface area (Å²) in [5.41, 5.74) is 1.30. The lowest BCUT2D eigenvalue weighted by Crippen LogP contribution is -2.53. The Balaban J connectivity index is 1.76. The van der Waals surface area contributed by atoms with Gasteiger partial charge in [0.1, 0.15) is 18.7 Å². The zero-order valence-corrected chi connectivity index (χ0v) is 25.0. The highest BCUT2D eigenvalue weighted by molar-refractivity contribution is 6.03. The van der Waals surface area contributed by atoms with Crippen LogP contribution in [0.15, 0.2) is 24.3 Å². The molecule has 1 aliphatic rings. The molecule has 1 aliphatic heterocycles. The smallest absolute Gasteiger partial charge is 0.308 e. The van der Waals surface area contributed by atoms with Gasteiger partial charge in [-0.25, -0.2) is 0 Å². The number of benzene rings is 1. The first-order valence-electron chi connectivity index (χ1n) is 14.3. The lowest BCUT2D eigenvalue weighted by molar-refractivity contribution is -0.148. The van der Waals surface area contributed by atoms with E-state index in [2.05, 4.69) is 16.0 Å². The number of hydrogen-bond acceptors (Lipinski definition) is 7. The highest BCUT2D eigenvalue weighted by atomic mass is 16.5. The van der Waals surface area contributed by atoms with Gasteiger partial charge in [0, 0.05) is 31.0 Å². The molecule has 1 aromatic carbocycles. The maximum Gasteiger partial charge on any atom is 0.308 e. The van der Waals surface area contributed by atoms with Gasteiger partial charge < -0.3 is 20.7 Å². The normalized spacial score (nSPS) is 16.5. The van der Waals surface area contributed by atoms with E-state index in [4.69, 9.17) is 4.74 Å². The number of ether oxygens (including phenoxy) is 1. The molecule has 1 unspecified atom stereocenters. The second kappa shape index (κ2) is 15.9. The first kappa shape index (κ1) is 33.4. The first-order valence-corrected chi connectivity index (χ1v) is 14.3. The van der Waals surface area contributed by atoms with Crippen LogP contribution in [-0.2, 0) is 40.1 Å². The Hall–Kier alpha value is -3.76. The molecule has 1 aromatic rings. The summed E-state index contributed by atoms with van der Waals surface area (Å²) in [6.07, 6.45) is 2.30. The molecule has 11 nitrogen and oxygen atoms in total. The van der Waals surface area contributed by atoms with Crippen LogP contribution in [0.4, 0.5) is 5.69 Å². The molecule has 0 saturated carbocycles.